The summed E-state index contributed by atoms with van der Waals surface area (Å²) in [6.45, 7) is 7.57. The third-order valence-electron chi connectivity index (χ3n) is 4.28. The Hall–Kier alpha value is -0.870. The second-order valence-electron chi connectivity index (χ2n) is 6.27. The summed E-state index contributed by atoms with van der Waals surface area (Å²) in [6.07, 6.45) is 8.58. The second kappa shape index (κ2) is 6.06. The van der Waals surface area contributed by atoms with Crippen LogP contribution in [0.5, 0.6) is 0 Å². The molecule has 1 saturated carbocycles. The van der Waals surface area contributed by atoms with Crippen molar-refractivity contribution in [3.8, 4) is 0 Å². The maximum Gasteiger partial charge on any atom is 0.0616 e. The van der Waals surface area contributed by atoms with Gasteiger partial charge in [-0.05, 0) is 37.7 Å². The lowest BCUT2D eigenvalue weighted by atomic mass is 9.84. The molecule has 2 rings (SSSR count). The summed E-state index contributed by atoms with van der Waals surface area (Å²) >= 11 is 0. The predicted octanol–water partition coefficient (Wildman–Crippen LogP) is 2.11. The number of rotatable bonds is 6. The molecule has 2 unspecified atom stereocenters. The minimum atomic E-state index is -0.0731. The standard InChI is InChI=1S/C15H27N3O/c1-12(2)17-15(11-19)7-4-5-14(15)6-8-18-10-13(3)9-16-18/h9-10,12,14,17,19H,4-8,11H2,1-3H3. The van der Waals surface area contributed by atoms with Gasteiger partial charge in [0.2, 0.25) is 0 Å². The first-order valence-corrected chi connectivity index (χ1v) is 7.43. The van der Waals surface area contributed by atoms with E-state index in [0.717, 1.165) is 19.4 Å². The third-order valence-corrected chi connectivity index (χ3v) is 4.28. The molecule has 1 aromatic heterocycles. The normalized spacial score (nSPS) is 27.3. The van der Waals surface area contributed by atoms with Gasteiger partial charge in [-0.25, -0.2) is 0 Å². The molecule has 1 aliphatic rings. The van der Waals surface area contributed by atoms with Gasteiger partial charge < -0.3 is 10.4 Å². The van der Waals surface area contributed by atoms with Crippen LogP contribution in [0.2, 0.25) is 0 Å². The van der Waals surface area contributed by atoms with E-state index in [-0.39, 0.29) is 12.1 Å². The minimum Gasteiger partial charge on any atom is -0.394 e. The van der Waals surface area contributed by atoms with Crippen LogP contribution < -0.4 is 5.32 Å². The fourth-order valence-corrected chi connectivity index (χ4v) is 3.46. The van der Waals surface area contributed by atoms with E-state index >= 15 is 0 Å². The number of hydrogen-bond donors (Lipinski definition) is 2. The van der Waals surface area contributed by atoms with Crippen molar-refractivity contribution < 1.29 is 5.11 Å². The second-order valence-corrected chi connectivity index (χ2v) is 6.27. The fourth-order valence-electron chi connectivity index (χ4n) is 3.46. The molecule has 4 nitrogen and oxygen atoms in total. The number of nitrogens with zero attached hydrogens (tertiary/aromatic N) is 2. The molecule has 0 radical (unpaired) electrons. The van der Waals surface area contributed by atoms with E-state index in [9.17, 15) is 5.11 Å². The molecule has 108 valence electrons. The van der Waals surface area contributed by atoms with E-state index in [1.807, 2.05) is 10.9 Å². The van der Waals surface area contributed by atoms with Crippen molar-refractivity contribution in [2.75, 3.05) is 6.61 Å². The molecule has 0 aliphatic heterocycles. The van der Waals surface area contributed by atoms with Gasteiger partial charge >= 0.3 is 0 Å². The van der Waals surface area contributed by atoms with Crippen LogP contribution in [-0.2, 0) is 6.54 Å². The highest BCUT2D eigenvalue weighted by molar-refractivity contribution is 5.01. The molecule has 4 heteroatoms. The molecule has 1 aromatic rings. The first-order valence-electron chi connectivity index (χ1n) is 7.43. The topological polar surface area (TPSA) is 50.1 Å². The first-order chi connectivity index (χ1) is 9.05. The zero-order chi connectivity index (χ0) is 13.9. The number of aryl methyl sites for hydroxylation is 2. The number of aliphatic hydroxyl groups excluding tert-OH is 1. The summed E-state index contributed by atoms with van der Waals surface area (Å²) in [4.78, 5) is 0. The van der Waals surface area contributed by atoms with Crippen LogP contribution in [0, 0.1) is 12.8 Å². The number of aromatic nitrogens is 2. The largest absolute Gasteiger partial charge is 0.394 e. The van der Waals surface area contributed by atoms with E-state index in [0.29, 0.717) is 12.0 Å². The van der Waals surface area contributed by atoms with Gasteiger partial charge in [-0.2, -0.15) is 5.10 Å². The van der Waals surface area contributed by atoms with Crippen LogP contribution in [0.1, 0.15) is 45.1 Å². The lowest BCUT2D eigenvalue weighted by Gasteiger charge is -2.37. The first kappa shape index (κ1) is 14.5. The van der Waals surface area contributed by atoms with Crippen LogP contribution in [0.4, 0.5) is 0 Å². The van der Waals surface area contributed by atoms with Crippen molar-refractivity contribution >= 4 is 0 Å². The van der Waals surface area contributed by atoms with Crippen molar-refractivity contribution in [2.24, 2.45) is 5.92 Å². The number of aliphatic hydroxyl groups is 1. The van der Waals surface area contributed by atoms with Gasteiger partial charge in [0.15, 0.2) is 0 Å². The van der Waals surface area contributed by atoms with Gasteiger partial charge in [-0.15, -0.1) is 0 Å². The highest BCUT2D eigenvalue weighted by Gasteiger charge is 2.42. The van der Waals surface area contributed by atoms with Crippen molar-refractivity contribution in [3.05, 3.63) is 18.0 Å². The molecule has 2 N–H and O–H groups in total. The Labute approximate surface area is 116 Å². The Morgan fingerprint density at radius 2 is 2.37 bits per heavy atom. The Bertz CT molecular complexity index is 402. The molecular weight excluding hydrogens is 238 g/mol. The summed E-state index contributed by atoms with van der Waals surface area (Å²) in [5.41, 5.74) is 1.14. The Morgan fingerprint density at radius 3 is 2.95 bits per heavy atom. The third kappa shape index (κ3) is 3.37. The van der Waals surface area contributed by atoms with Crippen LogP contribution >= 0.6 is 0 Å². The molecule has 0 saturated heterocycles. The van der Waals surface area contributed by atoms with Gasteiger partial charge in [-0.1, -0.05) is 20.3 Å². The molecule has 0 amide bonds. The molecule has 0 aromatic carbocycles. The van der Waals surface area contributed by atoms with Crippen LogP contribution in [0.15, 0.2) is 12.4 Å². The number of nitrogens with one attached hydrogen (secondary N) is 1. The van der Waals surface area contributed by atoms with Gasteiger partial charge in [0, 0.05) is 24.3 Å². The summed E-state index contributed by atoms with van der Waals surface area (Å²) < 4.78 is 2.02. The molecule has 0 spiro atoms. The lowest BCUT2D eigenvalue weighted by molar-refractivity contribution is 0.108. The van der Waals surface area contributed by atoms with E-state index in [1.54, 1.807) is 0 Å². The van der Waals surface area contributed by atoms with Crippen molar-refractivity contribution in [2.45, 2.75) is 64.6 Å². The van der Waals surface area contributed by atoms with Crippen molar-refractivity contribution in [1.82, 2.24) is 15.1 Å². The zero-order valence-corrected chi connectivity index (χ0v) is 12.4. The fraction of sp³-hybridized carbons (Fsp3) is 0.800. The molecule has 19 heavy (non-hydrogen) atoms. The summed E-state index contributed by atoms with van der Waals surface area (Å²) in [6, 6.07) is 0.416. The average molecular weight is 265 g/mol. The van der Waals surface area contributed by atoms with Gasteiger partial charge in [0.25, 0.3) is 0 Å². The molecule has 1 fully saturated rings. The summed E-state index contributed by atoms with van der Waals surface area (Å²) in [5.74, 6) is 0.546. The maximum absolute atomic E-state index is 9.85. The van der Waals surface area contributed by atoms with Crippen LogP contribution in [0.25, 0.3) is 0 Å². The van der Waals surface area contributed by atoms with Gasteiger partial charge in [-0.3, -0.25) is 4.68 Å². The Morgan fingerprint density at radius 1 is 1.58 bits per heavy atom. The monoisotopic (exact) mass is 265 g/mol. The van der Waals surface area contributed by atoms with Crippen molar-refractivity contribution in [3.63, 3.8) is 0 Å². The maximum atomic E-state index is 9.85. The summed E-state index contributed by atoms with van der Waals surface area (Å²) in [5, 5.41) is 17.8. The lowest BCUT2D eigenvalue weighted by Crippen LogP contribution is -2.54. The van der Waals surface area contributed by atoms with E-state index < -0.39 is 0 Å². The molecule has 1 heterocycles. The molecule has 0 bridgehead atoms. The quantitative estimate of drug-likeness (QED) is 0.828. The van der Waals surface area contributed by atoms with E-state index in [1.165, 1.54) is 18.4 Å². The zero-order valence-electron chi connectivity index (χ0n) is 12.4. The van der Waals surface area contributed by atoms with Gasteiger partial charge in [0.1, 0.15) is 0 Å². The minimum absolute atomic E-state index is 0.0731. The molecule has 1 aliphatic carbocycles. The molecule has 2 atom stereocenters. The highest BCUT2D eigenvalue weighted by Crippen LogP contribution is 2.38. The summed E-state index contributed by atoms with van der Waals surface area (Å²) in [7, 11) is 0. The van der Waals surface area contributed by atoms with E-state index in [4.69, 9.17) is 0 Å². The van der Waals surface area contributed by atoms with Crippen molar-refractivity contribution in [1.29, 1.82) is 0 Å². The SMILES string of the molecule is Cc1cnn(CCC2CCCC2(CO)NC(C)C)c1. The van der Waals surface area contributed by atoms with Gasteiger partial charge in [0.05, 0.1) is 12.8 Å². The van der Waals surface area contributed by atoms with Crippen LogP contribution in [-0.4, -0.2) is 33.1 Å². The predicted molar refractivity (Wildman–Crippen MR) is 77.0 cm³/mol. The molecular formula is C15H27N3O. The van der Waals surface area contributed by atoms with Crippen LogP contribution in [0.3, 0.4) is 0 Å². The number of hydrogen-bond acceptors (Lipinski definition) is 3. The Balaban J connectivity index is 1.97. The average Bonchev–Trinajstić information content (AvgIpc) is 2.93. The highest BCUT2D eigenvalue weighted by atomic mass is 16.3. The Kier molecular flexibility index (Phi) is 4.63. The van der Waals surface area contributed by atoms with E-state index in [2.05, 4.69) is 37.4 Å². The smallest absolute Gasteiger partial charge is 0.0616 e.